The van der Waals surface area contributed by atoms with Crippen LogP contribution in [0.1, 0.15) is 30.9 Å². The van der Waals surface area contributed by atoms with Crippen molar-refractivity contribution in [3.63, 3.8) is 0 Å². The van der Waals surface area contributed by atoms with Crippen LogP contribution in [-0.2, 0) is 4.79 Å². The Morgan fingerprint density at radius 1 is 1.41 bits per heavy atom. The molecule has 0 aliphatic carbocycles. The molecular weight excluding hydrogens is 234 g/mol. The predicted octanol–water partition coefficient (Wildman–Crippen LogP) is 3.63. The molecule has 0 saturated heterocycles. The van der Waals surface area contributed by atoms with E-state index in [9.17, 15) is 4.79 Å². The van der Waals surface area contributed by atoms with Crippen LogP contribution < -0.4 is 0 Å². The first-order chi connectivity index (χ1) is 8.13. The number of benzene rings is 1. The Hall–Kier alpha value is -1.28. The zero-order chi connectivity index (χ0) is 12.4. The molecule has 0 fully saturated rings. The maximum Gasteiger partial charge on any atom is 0.227 e. The number of carbonyl (C=O) groups is 1. The molecule has 0 bridgehead atoms. The second kappa shape index (κ2) is 4.92. The van der Waals surface area contributed by atoms with Crippen LogP contribution in [0.5, 0.6) is 0 Å². The fraction of sp³-hybridized carbons (Fsp3) is 0.357. The lowest BCUT2D eigenvalue weighted by molar-refractivity contribution is -0.128. The normalized spacial score (nSPS) is 16.1. The predicted molar refractivity (Wildman–Crippen MR) is 70.8 cm³/mol. The van der Waals surface area contributed by atoms with Crippen LogP contribution in [0.15, 0.2) is 24.3 Å². The fourth-order valence-corrected chi connectivity index (χ4v) is 2.46. The number of nitrogens with zero attached hydrogens (tertiary/aromatic N) is 1. The molecule has 17 heavy (non-hydrogen) atoms. The van der Waals surface area contributed by atoms with Crippen LogP contribution in [-0.4, -0.2) is 17.4 Å². The van der Waals surface area contributed by atoms with E-state index in [4.69, 9.17) is 11.6 Å². The third kappa shape index (κ3) is 2.37. The quantitative estimate of drug-likeness (QED) is 0.784. The molecule has 3 heteroatoms. The zero-order valence-corrected chi connectivity index (χ0v) is 10.9. The minimum Gasteiger partial charge on any atom is -0.312 e. The van der Waals surface area contributed by atoms with Gasteiger partial charge in [-0.3, -0.25) is 4.79 Å². The summed E-state index contributed by atoms with van der Waals surface area (Å²) >= 11 is 5.95. The Labute approximate surface area is 107 Å². The van der Waals surface area contributed by atoms with Gasteiger partial charge in [0.15, 0.2) is 0 Å². The molecule has 90 valence electrons. The summed E-state index contributed by atoms with van der Waals surface area (Å²) in [7, 11) is 0. The third-order valence-electron chi connectivity index (χ3n) is 3.07. The number of aryl methyl sites for hydroxylation is 1. The van der Waals surface area contributed by atoms with Crippen LogP contribution in [0, 0.1) is 6.92 Å². The standard InChI is InChI=1S/C14H16ClNO/c1-3-16-13(5-4-6-14(16)17)12-8-7-11(15)9-10(12)2/h5,7-9H,3-4,6H2,1-2H3. The average Bonchev–Trinajstić information content (AvgIpc) is 2.29. The van der Waals surface area contributed by atoms with Crippen LogP contribution in [0.3, 0.4) is 0 Å². The minimum atomic E-state index is 0.208. The maximum absolute atomic E-state index is 11.8. The topological polar surface area (TPSA) is 20.3 Å². The van der Waals surface area contributed by atoms with E-state index in [0.29, 0.717) is 13.0 Å². The van der Waals surface area contributed by atoms with Crippen molar-refractivity contribution < 1.29 is 4.79 Å². The highest BCUT2D eigenvalue weighted by Crippen LogP contribution is 2.29. The molecule has 1 aliphatic heterocycles. The molecule has 0 unspecified atom stereocenters. The first-order valence-electron chi connectivity index (χ1n) is 5.90. The highest BCUT2D eigenvalue weighted by Gasteiger charge is 2.21. The molecule has 0 N–H and O–H groups in total. The SMILES string of the molecule is CCN1C(=O)CCC=C1c1ccc(Cl)cc1C. The van der Waals surface area contributed by atoms with E-state index in [1.165, 1.54) is 0 Å². The number of hydrogen-bond acceptors (Lipinski definition) is 1. The number of rotatable bonds is 2. The first-order valence-corrected chi connectivity index (χ1v) is 6.28. The van der Waals surface area contributed by atoms with Crippen molar-refractivity contribution in [2.45, 2.75) is 26.7 Å². The van der Waals surface area contributed by atoms with Gasteiger partial charge in [-0.15, -0.1) is 0 Å². The summed E-state index contributed by atoms with van der Waals surface area (Å²) in [6, 6.07) is 5.80. The zero-order valence-electron chi connectivity index (χ0n) is 10.2. The lowest BCUT2D eigenvalue weighted by Gasteiger charge is -2.28. The Morgan fingerprint density at radius 2 is 2.18 bits per heavy atom. The van der Waals surface area contributed by atoms with E-state index in [1.54, 1.807) is 0 Å². The summed E-state index contributed by atoms with van der Waals surface area (Å²) in [5.41, 5.74) is 3.24. The van der Waals surface area contributed by atoms with Crippen LogP contribution in [0.2, 0.25) is 5.02 Å². The summed E-state index contributed by atoms with van der Waals surface area (Å²) in [6.45, 7) is 4.74. The van der Waals surface area contributed by atoms with Gasteiger partial charge in [0.1, 0.15) is 0 Å². The van der Waals surface area contributed by atoms with Crippen molar-refractivity contribution in [2.24, 2.45) is 0 Å². The summed E-state index contributed by atoms with van der Waals surface area (Å²) in [5, 5.41) is 0.733. The Balaban J connectivity index is 2.44. The van der Waals surface area contributed by atoms with Crippen LogP contribution >= 0.6 is 11.6 Å². The lowest BCUT2D eigenvalue weighted by atomic mass is 10.0. The van der Waals surface area contributed by atoms with Gasteiger partial charge in [-0.2, -0.15) is 0 Å². The van der Waals surface area contributed by atoms with E-state index >= 15 is 0 Å². The smallest absolute Gasteiger partial charge is 0.227 e. The van der Waals surface area contributed by atoms with Crippen molar-refractivity contribution in [3.05, 3.63) is 40.4 Å². The highest BCUT2D eigenvalue weighted by molar-refractivity contribution is 6.30. The largest absolute Gasteiger partial charge is 0.312 e. The molecule has 2 rings (SSSR count). The summed E-state index contributed by atoms with van der Waals surface area (Å²) in [6.07, 6.45) is 3.58. The van der Waals surface area contributed by atoms with Crippen LogP contribution in [0.25, 0.3) is 5.70 Å². The van der Waals surface area contributed by atoms with Gasteiger partial charge in [0, 0.05) is 29.2 Å². The molecule has 1 aliphatic rings. The Morgan fingerprint density at radius 3 is 2.82 bits per heavy atom. The molecule has 2 nitrogen and oxygen atoms in total. The van der Waals surface area contributed by atoms with E-state index in [-0.39, 0.29) is 5.91 Å². The minimum absolute atomic E-state index is 0.208. The molecule has 1 heterocycles. The molecule has 1 aromatic rings. The number of allylic oxidation sites excluding steroid dienone is 1. The van der Waals surface area contributed by atoms with Gasteiger partial charge < -0.3 is 4.90 Å². The second-order valence-corrected chi connectivity index (χ2v) is 4.66. The molecule has 0 spiro atoms. The molecule has 0 radical (unpaired) electrons. The van der Waals surface area contributed by atoms with Crippen molar-refractivity contribution in [1.29, 1.82) is 0 Å². The molecule has 0 aromatic heterocycles. The first kappa shape index (κ1) is 12.2. The fourth-order valence-electron chi connectivity index (χ4n) is 2.23. The van der Waals surface area contributed by atoms with E-state index < -0.39 is 0 Å². The third-order valence-corrected chi connectivity index (χ3v) is 3.30. The monoisotopic (exact) mass is 249 g/mol. The van der Waals surface area contributed by atoms with E-state index in [0.717, 1.165) is 28.3 Å². The maximum atomic E-state index is 11.8. The summed E-state index contributed by atoms with van der Waals surface area (Å²) in [5.74, 6) is 0.208. The van der Waals surface area contributed by atoms with Gasteiger partial charge >= 0.3 is 0 Å². The molecule has 0 atom stereocenters. The lowest BCUT2D eigenvalue weighted by Crippen LogP contribution is -2.31. The van der Waals surface area contributed by atoms with Gasteiger partial charge in [0.25, 0.3) is 0 Å². The van der Waals surface area contributed by atoms with Crippen molar-refractivity contribution in [1.82, 2.24) is 4.90 Å². The van der Waals surface area contributed by atoms with Gasteiger partial charge in [-0.05, 0) is 38.0 Å². The van der Waals surface area contributed by atoms with Crippen LogP contribution in [0.4, 0.5) is 0 Å². The summed E-state index contributed by atoms with van der Waals surface area (Å²) < 4.78 is 0. The Bertz CT molecular complexity index is 479. The van der Waals surface area contributed by atoms with Gasteiger partial charge in [-0.25, -0.2) is 0 Å². The van der Waals surface area contributed by atoms with Gasteiger partial charge in [-0.1, -0.05) is 23.7 Å². The Kier molecular flexibility index (Phi) is 3.53. The average molecular weight is 250 g/mol. The van der Waals surface area contributed by atoms with E-state index in [1.807, 2.05) is 36.9 Å². The number of hydrogen-bond donors (Lipinski definition) is 0. The van der Waals surface area contributed by atoms with Crippen molar-refractivity contribution in [2.75, 3.05) is 6.54 Å². The summed E-state index contributed by atoms with van der Waals surface area (Å²) in [4.78, 5) is 13.7. The van der Waals surface area contributed by atoms with Crippen molar-refractivity contribution >= 4 is 23.2 Å². The van der Waals surface area contributed by atoms with Gasteiger partial charge in [0.2, 0.25) is 5.91 Å². The number of halogens is 1. The molecule has 0 saturated carbocycles. The molecular formula is C14H16ClNO. The molecule has 1 amide bonds. The second-order valence-electron chi connectivity index (χ2n) is 4.23. The van der Waals surface area contributed by atoms with E-state index in [2.05, 4.69) is 6.08 Å². The van der Waals surface area contributed by atoms with Crippen molar-refractivity contribution in [3.8, 4) is 0 Å². The van der Waals surface area contributed by atoms with Gasteiger partial charge in [0.05, 0.1) is 0 Å². The number of carbonyl (C=O) groups excluding carboxylic acids is 1. The highest BCUT2D eigenvalue weighted by atomic mass is 35.5. The number of amides is 1. The molecule has 1 aromatic carbocycles.